The fraction of sp³-hybridized carbons (Fsp3) is 0.333. The average Bonchev–Trinajstić information content (AvgIpc) is 2.05. The Morgan fingerprint density at radius 1 is 1.18 bits per heavy atom. The molecule has 0 saturated carbocycles. The van der Waals surface area contributed by atoms with Gasteiger partial charge in [0.25, 0.3) is 0 Å². The second-order valence-electron chi connectivity index (χ2n) is 1.71. The van der Waals surface area contributed by atoms with Gasteiger partial charge in [0.1, 0.15) is 16.4 Å². The molecular formula is C6H7BrN2S2. The lowest BCUT2D eigenvalue weighted by atomic mass is 10.7. The maximum Gasteiger partial charge on any atom is 0.118 e. The Morgan fingerprint density at radius 2 is 1.64 bits per heavy atom. The fourth-order valence-corrected chi connectivity index (χ4v) is 2.72. The molecule has 0 spiro atoms. The van der Waals surface area contributed by atoms with Crippen LogP contribution in [0.5, 0.6) is 0 Å². The highest BCUT2D eigenvalue weighted by Crippen LogP contribution is 2.29. The average molecular weight is 251 g/mol. The molecule has 0 radical (unpaired) electrons. The maximum absolute atomic E-state index is 4.10. The molecule has 0 aliphatic carbocycles. The van der Waals surface area contributed by atoms with Crippen molar-refractivity contribution in [3.8, 4) is 0 Å². The van der Waals surface area contributed by atoms with Crippen LogP contribution in [0.25, 0.3) is 0 Å². The molecule has 0 aliphatic heterocycles. The molecule has 0 fully saturated rings. The predicted octanol–water partition coefficient (Wildman–Crippen LogP) is 2.68. The summed E-state index contributed by atoms with van der Waals surface area (Å²) in [4.78, 5) is 8.19. The van der Waals surface area contributed by atoms with Gasteiger partial charge in [-0.15, -0.1) is 23.5 Å². The number of hydrogen-bond acceptors (Lipinski definition) is 4. The molecule has 0 N–H and O–H groups in total. The van der Waals surface area contributed by atoms with E-state index in [-0.39, 0.29) is 0 Å². The summed E-state index contributed by atoms with van der Waals surface area (Å²) in [5.74, 6) is 0. The summed E-state index contributed by atoms with van der Waals surface area (Å²) in [6, 6.07) is 0. The number of rotatable bonds is 2. The Bertz CT molecular complexity index is 232. The SMILES string of the molecule is CSc1ncnc(SC)c1Br. The van der Waals surface area contributed by atoms with E-state index >= 15 is 0 Å². The van der Waals surface area contributed by atoms with Gasteiger partial charge in [-0.05, 0) is 28.4 Å². The smallest absolute Gasteiger partial charge is 0.118 e. The zero-order valence-electron chi connectivity index (χ0n) is 6.17. The van der Waals surface area contributed by atoms with Crippen molar-refractivity contribution in [2.45, 2.75) is 10.1 Å². The normalized spacial score (nSPS) is 10.1. The van der Waals surface area contributed by atoms with Crippen molar-refractivity contribution in [3.05, 3.63) is 10.8 Å². The van der Waals surface area contributed by atoms with Gasteiger partial charge in [0.15, 0.2) is 0 Å². The summed E-state index contributed by atoms with van der Waals surface area (Å²) in [6.07, 6.45) is 5.58. The molecule has 11 heavy (non-hydrogen) atoms. The first kappa shape index (κ1) is 9.35. The molecule has 1 aromatic rings. The van der Waals surface area contributed by atoms with E-state index in [1.165, 1.54) is 0 Å². The van der Waals surface area contributed by atoms with E-state index in [1.807, 2.05) is 12.5 Å². The lowest BCUT2D eigenvalue weighted by Crippen LogP contribution is -1.87. The zero-order valence-corrected chi connectivity index (χ0v) is 9.39. The lowest BCUT2D eigenvalue weighted by Gasteiger charge is -2.01. The minimum absolute atomic E-state index is 0.990. The van der Waals surface area contributed by atoms with Gasteiger partial charge in [-0.2, -0.15) is 0 Å². The highest BCUT2D eigenvalue weighted by molar-refractivity contribution is 9.10. The van der Waals surface area contributed by atoms with Crippen molar-refractivity contribution < 1.29 is 0 Å². The number of nitrogens with zero attached hydrogens (tertiary/aromatic N) is 2. The minimum Gasteiger partial charge on any atom is -0.229 e. The second-order valence-corrected chi connectivity index (χ2v) is 4.09. The number of thioether (sulfide) groups is 2. The first-order valence-electron chi connectivity index (χ1n) is 2.88. The first-order valence-corrected chi connectivity index (χ1v) is 6.12. The quantitative estimate of drug-likeness (QED) is 0.596. The van der Waals surface area contributed by atoms with Crippen molar-refractivity contribution in [2.75, 3.05) is 12.5 Å². The molecule has 0 aliphatic rings. The third kappa shape index (κ3) is 2.10. The van der Waals surface area contributed by atoms with Crippen LogP contribution < -0.4 is 0 Å². The minimum atomic E-state index is 0.990. The Morgan fingerprint density at radius 3 is 2.00 bits per heavy atom. The molecule has 0 atom stereocenters. The first-order chi connectivity index (χ1) is 5.29. The number of halogens is 1. The van der Waals surface area contributed by atoms with Crippen LogP contribution in [0.1, 0.15) is 0 Å². The standard InChI is InChI=1S/C6H7BrN2S2/c1-10-5-4(7)6(11-2)9-3-8-5/h3H,1-2H3. The molecule has 5 heteroatoms. The Hall–Kier alpha value is 0.260. The van der Waals surface area contributed by atoms with Crippen molar-refractivity contribution in [1.29, 1.82) is 0 Å². The summed E-state index contributed by atoms with van der Waals surface area (Å²) < 4.78 is 1.00. The Balaban J connectivity index is 3.10. The third-order valence-electron chi connectivity index (χ3n) is 1.11. The van der Waals surface area contributed by atoms with E-state index in [0.717, 1.165) is 14.5 Å². The Labute approximate surface area is 82.7 Å². The van der Waals surface area contributed by atoms with Crippen LogP contribution in [-0.2, 0) is 0 Å². The van der Waals surface area contributed by atoms with Gasteiger partial charge < -0.3 is 0 Å². The van der Waals surface area contributed by atoms with Crippen LogP contribution in [0, 0.1) is 0 Å². The molecule has 0 aromatic carbocycles. The van der Waals surface area contributed by atoms with Crippen LogP contribution in [0.15, 0.2) is 20.9 Å². The monoisotopic (exact) mass is 250 g/mol. The van der Waals surface area contributed by atoms with Crippen LogP contribution in [0.3, 0.4) is 0 Å². The predicted molar refractivity (Wildman–Crippen MR) is 53.3 cm³/mol. The van der Waals surface area contributed by atoms with E-state index in [4.69, 9.17) is 0 Å². The molecule has 1 heterocycles. The van der Waals surface area contributed by atoms with E-state index in [2.05, 4.69) is 25.9 Å². The summed E-state index contributed by atoms with van der Waals surface area (Å²) in [5, 5.41) is 1.98. The van der Waals surface area contributed by atoms with Crippen molar-refractivity contribution in [2.24, 2.45) is 0 Å². The Kier molecular flexibility index (Phi) is 3.68. The van der Waals surface area contributed by atoms with Gasteiger partial charge in [0.05, 0.1) is 4.47 Å². The fourth-order valence-electron chi connectivity index (χ4n) is 0.623. The molecule has 1 rings (SSSR count). The topological polar surface area (TPSA) is 25.8 Å². The molecule has 1 aromatic heterocycles. The van der Waals surface area contributed by atoms with E-state index in [0.29, 0.717) is 0 Å². The van der Waals surface area contributed by atoms with Gasteiger partial charge >= 0.3 is 0 Å². The summed E-state index contributed by atoms with van der Waals surface area (Å²) in [7, 11) is 0. The highest BCUT2D eigenvalue weighted by Gasteiger charge is 2.05. The molecule has 60 valence electrons. The largest absolute Gasteiger partial charge is 0.229 e. The number of hydrogen-bond donors (Lipinski definition) is 0. The van der Waals surface area contributed by atoms with E-state index in [9.17, 15) is 0 Å². The maximum atomic E-state index is 4.10. The van der Waals surface area contributed by atoms with Gasteiger partial charge in [-0.1, -0.05) is 0 Å². The molecule has 0 bridgehead atoms. The molecule has 0 saturated heterocycles. The van der Waals surface area contributed by atoms with E-state index in [1.54, 1.807) is 29.9 Å². The van der Waals surface area contributed by atoms with Gasteiger partial charge in [0.2, 0.25) is 0 Å². The number of aromatic nitrogens is 2. The summed E-state index contributed by atoms with van der Waals surface area (Å²) >= 11 is 6.66. The molecular weight excluding hydrogens is 244 g/mol. The van der Waals surface area contributed by atoms with Crippen molar-refractivity contribution in [1.82, 2.24) is 9.97 Å². The lowest BCUT2D eigenvalue weighted by molar-refractivity contribution is 0.940. The van der Waals surface area contributed by atoms with E-state index < -0.39 is 0 Å². The van der Waals surface area contributed by atoms with Crippen LogP contribution >= 0.6 is 39.5 Å². The third-order valence-corrected chi connectivity index (χ3v) is 3.78. The molecule has 0 amide bonds. The highest BCUT2D eigenvalue weighted by atomic mass is 79.9. The zero-order chi connectivity index (χ0) is 8.27. The van der Waals surface area contributed by atoms with Crippen molar-refractivity contribution in [3.63, 3.8) is 0 Å². The molecule has 2 nitrogen and oxygen atoms in total. The second kappa shape index (κ2) is 4.33. The van der Waals surface area contributed by atoms with Gasteiger partial charge in [-0.3, -0.25) is 0 Å². The van der Waals surface area contributed by atoms with Gasteiger partial charge in [0, 0.05) is 0 Å². The van der Waals surface area contributed by atoms with Crippen molar-refractivity contribution >= 4 is 39.5 Å². The summed E-state index contributed by atoms with van der Waals surface area (Å²) in [5.41, 5.74) is 0. The molecule has 0 unspecified atom stereocenters. The summed E-state index contributed by atoms with van der Waals surface area (Å²) in [6.45, 7) is 0. The van der Waals surface area contributed by atoms with Gasteiger partial charge in [-0.25, -0.2) is 9.97 Å². The van der Waals surface area contributed by atoms with Crippen LogP contribution in [-0.4, -0.2) is 22.5 Å². The van der Waals surface area contributed by atoms with Crippen LogP contribution in [0.4, 0.5) is 0 Å². The van der Waals surface area contributed by atoms with Crippen LogP contribution in [0.2, 0.25) is 0 Å².